The van der Waals surface area contributed by atoms with Crippen molar-refractivity contribution in [2.45, 2.75) is 26.2 Å². The van der Waals surface area contributed by atoms with Crippen LogP contribution >= 0.6 is 0 Å². The van der Waals surface area contributed by atoms with Crippen LogP contribution in [0.25, 0.3) is 0 Å². The molecule has 0 spiro atoms. The van der Waals surface area contributed by atoms with Crippen LogP contribution in [0.4, 0.5) is 0 Å². The van der Waals surface area contributed by atoms with Crippen LogP contribution in [0.5, 0.6) is 0 Å². The van der Waals surface area contributed by atoms with Crippen molar-refractivity contribution in [1.82, 2.24) is 4.98 Å². The molecule has 2 atom stereocenters. The number of pyridine rings is 1. The molecule has 1 aromatic heterocycles. The lowest BCUT2D eigenvalue weighted by molar-refractivity contribution is -0.144. The first kappa shape index (κ1) is 10.1. The van der Waals surface area contributed by atoms with Crippen molar-refractivity contribution in [2.75, 3.05) is 6.61 Å². The van der Waals surface area contributed by atoms with Gasteiger partial charge in [-0.3, -0.25) is 9.78 Å². The predicted molar refractivity (Wildman–Crippen MR) is 56.5 cm³/mol. The van der Waals surface area contributed by atoms with Crippen LogP contribution in [0, 0.1) is 12.8 Å². The molecular formula is C12H15NO2. The molecule has 1 aromatic rings. The van der Waals surface area contributed by atoms with E-state index in [0.29, 0.717) is 6.61 Å². The fourth-order valence-corrected chi connectivity index (χ4v) is 1.73. The number of hydrogen-bond acceptors (Lipinski definition) is 3. The van der Waals surface area contributed by atoms with Gasteiger partial charge in [-0.05, 0) is 31.9 Å². The van der Waals surface area contributed by atoms with Crippen LogP contribution in [0.1, 0.15) is 30.5 Å². The highest BCUT2D eigenvalue weighted by molar-refractivity contribution is 5.77. The molecule has 1 heterocycles. The molecule has 1 saturated carbocycles. The van der Waals surface area contributed by atoms with E-state index in [9.17, 15) is 4.79 Å². The number of nitrogens with zero attached hydrogens (tertiary/aromatic N) is 1. The second-order valence-electron chi connectivity index (χ2n) is 3.96. The van der Waals surface area contributed by atoms with Crippen LogP contribution < -0.4 is 0 Å². The summed E-state index contributed by atoms with van der Waals surface area (Å²) < 4.78 is 4.97. The summed E-state index contributed by atoms with van der Waals surface area (Å²) in [4.78, 5) is 15.7. The Labute approximate surface area is 89.5 Å². The molecule has 0 amide bonds. The highest BCUT2D eigenvalue weighted by atomic mass is 16.5. The molecule has 0 unspecified atom stereocenters. The highest BCUT2D eigenvalue weighted by Gasteiger charge is 2.45. The Hall–Kier alpha value is -1.38. The lowest BCUT2D eigenvalue weighted by Gasteiger charge is -2.01. The maximum absolute atomic E-state index is 11.4. The SMILES string of the molecule is CCOC(=O)[C@@H]1C[C@H]1c1ccc(C)cn1. The summed E-state index contributed by atoms with van der Waals surface area (Å²) in [5, 5.41) is 0. The Morgan fingerprint density at radius 2 is 2.40 bits per heavy atom. The van der Waals surface area contributed by atoms with Crippen molar-refractivity contribution < 1.29 is 9.53 Å². The first-order valence-electron chi connectivity index (χ1n) is 5.31. The van der Waals surface area contributed by atoms with Gasteiger partial charge in [-0.1, -0.05) is 6.07 Å². The van der Waals surface area contributed by atoms with Crippen molar-refractivity contribution in [3.05, 3.63) is 29.6 Å². The summed E-state index contributed by atoms with van der Waals surface area (Å²) in [5.41, 5.74) is 2.16. The molecule has 3 heteroatoms. The molecule has 2 rings (SSSR count). The van der Waals surface area contributed by atoms with Crippen LogP contribution in [0.3, 0.4) is 0 Å². The van der Waals surface area contributed by atoms with Crippen molar-refractivity contribution in [2.24, 2.45) is 5.92 Å². The third kappa shape index (κ3) is 2.17. The van der Waals surface area contributed by atoms with Gasteiger partial charge in [-0.25, -0.2) is 0 Å². The number of aromatic nitrogens is 1. The smallest absolute Gasteiger partial charge is 0.309 e. The number of ether oxygens (including phenoxy) is 1. The van der Waals surface area contributed by atoms with E-state index < -0.39 is 0 Å². The fraction of sp³-hybridized carbons (Fsp3) is 0.500. The molecular weight excluding hydrogens is 190 g/mol. The van der Waals surface area contributed by atoms with E-state index in [4.69, 9.17) is 4.74 Å². The lowest BCUT2D eigenvalue weighted by atomic mass is 10.2. The van der Waals surface area contributed by atoms with E-state index in [1.54, 1.807) is 0 Å². The van der Waals surface area contributed by atoms with Gasteiger partial charge in [0.15, 0.2) is 0 Å². The molecule has 0 radical (unpaired) electrons. The van der Waals surface area contributed by atoms with Crippen LogP contribution in [-0.4, -0.2) is 17.6 Å². The van der Waals surface area contributed by atoms with E-state index in [2.05, 4.69) is 4.98 Å². The average Bonchev–Trinajstić information content (AvgIpc) is 2.99. The summed E-state index contributed by atoms with van der Waals surface area (Å²) in [5.74, 6) is 0.245. The zero-order chi connectivity index (χ0) is 10.8. The van der Waals surface area contributed by atoms with Gasteiger partial charge in [0.2, 0.25) is 0 Å². The van der Waals surface area contributed by atoms with E-state index in [1.165, 1.54) is 0 Å². The van der Waals surface area contributed by atoms with Gasteiger partial charge in [0, 0.05) is 17.8 Å². The molecule has 0 N–H and O–H groups in total. The van der Waals surface area contributed by atoms with E-state index in [0.717, 1.165) is 17.7 Å². The number of carbonyl (C=O) groups is 1. The molecule has 0 saturated heterocycles. The van der Waals surface area contributed by atoms with Crippen molar-refractivity contribution >= 4 is 5.97 Å². The first-order chi connectivity index (χ1) is 7.22. The summed E-state index contributed by atoms with van der Waals surface area (Å²) >= 11 is 0. The largest absolute Gasteiger partial charge is 0.466 e. The monoisotopic (exact) mass is 205 g/mol. The molecule has 1 fully saturated rings. The van der Waals surface area contributed by atoms with Crippen LogP contribution in [0.2, 0.25) is 0 Å². The second kappa shape index (κ2) is 4.01. The Balaban J connectivity index is 1.98. The predicted octanol–water partition coefficient (Wildman–Crippen LogP) is 2.06. The van der Waals surface area contributed by atoms with Crippen LogP contribution in [0.15, 0.2) is 18.3 Å². The number of rotatable bonds is 3. The van der Waals surface area contributed by atoms with E-state index in [-0.39, 0.29) is 17.8 Å². The molecule has 3 nitrogen and oxygen atoms in total. The second-order valence-corrected chi connectivity index (χ2v) is 3.96. The van der Waals surface area contributed by atoms with Crippen LogP contribution in [-0.2, 0) is 9.53 Å². The summed E-state index contributed by atoms with van der Waals surface area (Å²) in [6.07, 6.45) is 2.73. The molecule has 0 aromatic carbocycles. The molecule has 1 aliphatic rings. The maximum atomic E-state index is 11.4. The van der Waals surface area contributed by atoms with Crippen molar-refractivity contribution in [1.29, 1.82) is 0 Å². The summed E-state index contributed by atoms with van der Waals surface area (Å²) in [6.45, 7) is 4.30. The third-order valence-electron chi connectivity index (χ3n) is 2.69. The third-order valence-corrected chi connectivity index (χ3v) is 2.69. The number of hydrogen-bond donors (Lipinski definition) is 0. The average molecular weight is 205 g/mol. The molecule has 0 bridgehead atoms. The van der Waals surface area contributed by atoms with Crippen molar-refractivity contribution in [3.63, 3.8) is 0 Å². The van der Waals surface area contributed by atoms with Gasteiger partial charge in [0.1, 0.15) is 0 Å². The Morgan fingerprint density at radius 1 is 1.60 bits per heavy atom. The van der Waals surface area contributed by atoms with E-state index >= 15 is 0 Å². The van der Waals surface area contributed by atoms with Crippen molar-refractivity contribution in [3.8, 4) is 0 Å². The minimum Gasteiger partial charge on any atom is -0.466 e. The fourth-order valence-electron chi connectivity index (χ4n) is 1.73. The topological polar surface area (TPSA) is 39.2 Å². The number of aryl methyl sites for hydroxylation is 1. The summed E-state index contributed by atoms with van der Waals surface area (Å²) in [6, 6.07) is 4.03. The molecule has 0 aliphatic heterocycles. The maximum Gasteiger partial charge on any atom is 0.309 e. The number of carbonyl (C=O) groups excluding carboxylic acids is 1. The summed E-state index contributed by atoms with van der Waals surface area (Å²) in [7, 11) is 0. The Bertz CT molecular complexity index is 358. The molecule has 1 aliphatic carbocycles. The minimum atomic E-state index is -0.0788. The number of esters is 1. The molecule has 80 valence electrons. The Morgan fingerprint density at radius 3 is 3.00 bits per heavy atom. The quantitative estimate of drug-likeness (QED) is 0.709. The first-order valence-corrected chi connectivity index (χ1v) is 5.31. The van der Waals surface area contributed by atoms with Gasteiger partial charge < -0.3 is 4.74 Å². The van der Waals surface area contributed by atoms with Gasteiger partial charge in [0.05, 0.1) is 12.5 Å². The normalized spacial score (nSPS) is 23.6. The lowest BCUT2D eigenvalue weighted by Crippen LogP contribution is -2.07. The molecule has 15 heavy (non-hydrogen) atoms. The van der Waals surface area contributed by atoms with Gasteiger partial charge in [-0.15, -0.1) is 0 Å². The highest BCUT2D eigenvalue weighted by Crippen LogP contribution is 2.47. The van der Waals surface area contributed by atoms with Gasteiger partial charge in [-0.2, -0.15) is 0 Å². The van der Waals surface area contributed by atoms with Gasteiger partial charge >= 0.3 is 5.97 Å². The minimum absolute atomic E-state index is 0.0418. The van der Waals surface area contributed by atoms with Gasteiger partial charge in [0.25, 0.3) is 0 Å². The van der Waals surface area contributed by atoms with E-state index in [1.807, 2.05) is 32.2 Å². The zero-order valence-electron chi connectivity index (χ0n) is 9.06. The zero-order valence-corrected chi connectivity index (χ0v) is 9.06. The Kier molecular flexibility index (Phi) is 2.71. The standard InChI is InChI=1S/C12H15NO2/c1-3-15-12(14)10-6-9(10)11-5-4-8(2)7-13-11/h4-5,7,9-10H,3,6H2,1-2H3/t9-,10-/m1/s1.